The number of rotatable bonds is 9. The summed E-state index contributed by atoms with van der Waals surface area (Å²) in [4.78, 5) is 45.4. The number of carbonyl (C=O) groups excluding carboxylic acids is 3. The van der Waals surface area contributed by atoms with Gasteiger partial charge in [-0.25, -0.2) is 0 Å². The molecule has 1 aliphatic carbocycles. The normalized spacial score (nSPS) is 15.1. The Morgan fingerprint density at radius 3 is 2.54 bits per heavy atom. The van der Waals surface area contributed by atoms with Crippen LogP contribution in [0.5, 0.6) is 0 Å². The number of amides is 3. The molecule has 2 atom stereocenters. The molecule has 2 heterocycles. The van der Waals surface area contributed by atoms with Gasteiger partial charge in [-0.3, -0.25) is 14.4 Å². The Balaban J connectivity index is 1.16. The molecule has 50 heavy (non-hydrogen) atoms. The number of benzene rings is 3. The van der Waals surface area contributed by atoms with Crippen LogP contribution in [0.25, 0.3) is 17.0 Å². The molecule has 254 valence electrons. The van der Waals surface area contributed by atoms with Gasteiger partial charge in [0.25, 0.3) is 11.8 Å². The summed E-state index contributed by atoms with van der Waals surface area (Å²) in [5.74, 6) is -0.561. The van der Waals surface area contributed by atoms with Gasteiger partial charge in [0.1, 0.15) is 16.8 Å². The minimum absolute atomic E-state index is 0.0789. The van der Waals surface area contributed by atoms with Crippen molar-refractivity contribution in [3.63, 3.8) is 0 Å². The molecule has 0 saturated carbocycles. The first-order valence-electron chi connectivity index (χ1n) is 16.6. The molecule has 5 aromatic rings. The molecule has 2 aromatic heterocycles. The number of thiophene rings is 1. The van der Waals surface area contributed by atoms with Gasteiger partial charge in [-0.1, -0.05) is 63.2 Å². The Labute approximate surface area is 300 Å². The van der Waals surface area contributed by atoms with Gasteiger partial charge in [-0.05, 0) is 85.6 Å². The molecule has 0 aliphatic heterocycles. The average molecular weight is 702 g/mol. The van der Waals surface area contributed by atoms with E-state index in [1.807, 2.05) is 43.3 Å². The monoisotopic (exact) mass is 701 g/mol. The van der Waals surface area contributed by atoms with Gasteiger partial charge in [0.2, 0.25) is 5.91 Å². The van der Waals surface area contributed by atoms with E-state index in [2.05, 4.69) is 47.8 Å². The van der Waals surface area contributed by atoms with E-state index >= 15 is 0 Å². The predicted octanol–water partition coefficient (Wildman–Crippen LogP) is 8.78. The highest BCUT2D eigenvalue weighted by molar-refractivity contribution is 8.00. The van der Waals surface area contributed by atoms with Gasteiger partial charge >= 0.3 is 0 Å². The fourth-order valence-electron chi connectivity index (χ4n) is 6.16. The molecule has 4 N–H and O–H groups in total. The Hall–Kier alpha value is -5.11. The van der Waals surface area contributed by atoms with Gasteiger partial charge in [0.15, 0.2) is 0 Å². The summed E-state index contributed by atoms with van der Waals surface area (Å²) in [6, 6.07) is 26.0. The number of anilines is 2. The number of fused-ring (bicyclic) bond motifs is 2. The summed E-state index contributed by atoms with van der Waals surface area (Å²) < 4.78 is 0. The molecule has 0 radical (unpaired) electrons. The highest BCUT2D eigenvalue weighted by Crippen LogP contribution is 2.44. The second kappa shape index (κ2) is 14.8. The maximum absolute atomic E-state index is 13.7. The third-order valence-electron chi connectivity index (χ3n) is 9.06. The number of hydrogen-bond donors (Lipinski definition) is 4. The zero-order valence-corrected chi connectivity index (χ0v) is 30.1. The number of carbonyl (C=O) groups is 3. The molecule has 0 saturated heterocycles. The van der Waals surface area contributed by atoms with Crippen LogP contribution in [0.3, 0.4) is 0 Å². The van der Waals surface area contributed by atoms with Crippen molar-refractivity contribution in [3.05, 3.63) is 118 Å². The number of para-hydroxylation sites is 1. The van der Waals surface area contributed by atoms with Crippen LogP contribution in [0.1, 0.15) is 66.0 Å². The Bertz CT molecular complexity index is 2140. The largest absolute Gasteiger partial charge is 0.361 e. The standard InChI is InChI=1S/C40H39N5O3S2/c1-24(36(46)45-39-32(22-41)31-18-17-27(40(2,3)4)20-35(31)50-39)49-29-14-10-13-28(21-29)43-38(48)34(44-37(47)25-11-6-5-7-12-25)19-26-23-42-33-16-9-8-15-30(26)33/h5-16,19,21,23-24,27,42H,17-18,20H2,1-4H3,(H,43,48)(H,44,47)(H,45,46)/b34-19-. The number of H-pyrrole nitrogens is 1. The van der Waals surface area contributed by atoms with Crippen molar-refractivity contribution in [2.45, 2.75) is 57.1 Å². The van der Waals surface area contributed by atoms with E-state index in [1.54, 1.807) is 54.7 Å². The van der Waals surface area contributed by atoms with Crippen molar-refractivity contribution in [2.24, 2.45) is 11.3 Å². The fraction of sp³-hybridized carbons (Fsp3) is 0.250. The summed E-state index contributed by atoms with van der Waals surface area (Å²) in [5, 5.41) is 19.8. The van der Waals surface area contributed by atoms with E-state index < -0.39 is 17.1 Å². The number of hydrogen-bond acceptors (Lipinski definition) is 6. The molecule has 1 aliphatic rings. The van der Waals surface area contributed by atoms with E-state index in [0.29, 0.717) is 27.7 Å². The number of aromatic amines is 1. The number of aromatic nitrogens is 1. The van der Waals surface area contributed by atoms with E-state index in [0.717, 1.165) is 46.2 Å². The van der Waals surface area contributed by atoms with Crippen molar-refractivity contribution in [2.75, 3.05) is 10.6 Å². The zero-order valence-electron chi connectivity index (χ0n) is 28.4. The number of nitrogens with one attached hydrogen (secondary N) is 4. The molecule has 3 aromatic carbocycles. The second-order valence-electron chi connectivity index (χ2n) is 13.5. The first-order valence-corrected chi connectivity index (χ1v) is 18.3. The lowest BCUT2D eigenvalue weighted by atomic mass is 9.72. The Morgan fingerprint density at radius 2 is 1.78 bits per heavy atom. The SMILES string of the molecule is CC(Sc1cccc(NC(=O)/C(=C/c2c[nH]c3ccccc23)NC(=O)c2ccccc2)c1)C(=O)Nc1sc2c(c1C#N)CCC(C(C)(C)C)C2. The van der Waals surface area contributed by atoms with Crippen molar-refractivity contribution >= 4 is 68.5 Å². The van der Waals surface area contributed by atoms with Crippen molar-refractivity contribution in [3.8, 4) is 6.07 Å². The van der Waals surface area contributed by atoms with Crippen LogP contribution in [-0.4, -0.2) is 28.0 Å². The van der Waals surface area contributed by atoms with E-state index in [4.69, 9.17) is 0 Å². The van der Waals surface area contributed by atoms with Crippen LogP contribution < -0.4 is 16.0 Å². The lowest BCUT2D eigenvalue weighted by molar-refractivity contribution is -0.115. The molecule has 0 spiro atoms. The van der Waals surface area contributed by atoms with Crippen LogP contribution in [0.15, 0.2) is 95.7 Å². The zero-order chi connectivity index (χ0) is 35.4. The topological polar surface area (TPSA) is 127 Å². The number of thioether (sulfide) groups is 1. The third kappa shape index (κ3) is 7.85. The number of nitrogens with zero attached hydrogens (tertiary/aromatic N) is 1. The average Bonchev–Trinajstić information content (AvgIpc) is 3.67. The van der Waals surface area contributed by atoms with Crippen LogP contribution in [0.4, 0.5) is 10.7 Å². The van der Waals surface area contributed by atoms with Gasteiger partial charge in [-0.2, -0.15) is 5.26 Å². The van der Waals surface area contributed by atoms with Crippen LogP contribution in [0.2, 0.25) is 0 Å². The maximum atomic E-state index is 13.7. The second-order valence-corrected chi connectivity index (χ2v) is 16.0. The molecule has 8 nitrogen and oxygen atoms in total. The van der Waals surface area contributed by atoms with E-state index in [-0.39, 0.29) is 17.0 Å². The van der Waals surface area contributed by atoms with Gasteiger partial charge in [-0.15, -0.1) is 23.1 Å². The van der Waals surface area contributed by atoms with Crippen LogP contribution in [-0.2, 0) is 22.4 Å². The van der Waals surface area contributed by atoms with E-state index in [1.165, 1.54) is 28.0 Å². The van der Waals surface area contributed by atoms with Crippen LogP contribution >= 0.6 is 23.1 Å². The maximum Gasteiger partial charge on any atom is 0.272 e. The predicted molar refractivity (Wildman–Crippen MR) is 203 cm³/mol. The molecule has 0 fully saturated rings. The summed E-state index contributed by atoms with van der Waals surface area (Å²) >= 11 is 2.88. The summed E-state index contributed by atoms with van der Waals surface area (Å²) in [6.45, 7) is 8.60. The molecule has 10 heteroatoms. The smallest absolute Gasteiger partial charge is 0.272 e. The van der Waals surface area contributed by atoms with Crippen molar-refractivity contribution in [1.29, 1.82) is 5.26 Å². The minimum Gasteiger partial charge on any atom is -0.361 e. The highest BCUT2D eigenvalue weighted by Gasteiger charge is 2.32. The first kappa shape index (κ1) is 34.7. The molecular formula is C40H39N5O3S2. The van der Waals surface area contributed by atoms with Crippen molar-refractivity contribution < 1.29 is 14.4 Å². The molecule has 6 rings (SSSR count). The summed E-state index contributed by atoms with van der Waals surface area (Å²) in [7, 11) is 0. The van der Waals surface area contributed by atoms with Crippen molar-refractivity contribution in [1.82, 2.24) is 10.3 Å². The summed E-state index contributed by atoms with van der Waals surface area (Å²) in [6.07, 6.45) is 6.26. The lowest BCUT2D eigenvalue weighted by Gasteiger charge is -2.33. The van der Waals surface area contributed by atoms with Gasteiger partial charge in [0.05, 0.1) is 10.8 Å². The Kier molecular flexibility index (Phi) is 10.3. The van der Waals surface area contributed by atoms with Crippen LogP contribution in [0, 0.1) is 22.7 Å². The summed E-state index contributed by atoms with van der Waals surface area (Å²) in [5.41, 5.74) is 4.53. The minimum atomic E-state index is -0.494. The Morgan fingerprint density at radius 1 is 1.02 bits per heavy atom. The van der Waals surface area contributed by atoms with E-state index in [9.17, 15) is 19.6 Å². The third-order valence-corrected chi connectivity index (χ3v) is 11.3. The molecule has 3 amide bonds. The fourth-order valence-corrected chi connectivity index (χ4v) is 8.37. The lowest BCUT2D eigenvalue weighted by Crippen LogP contribution is -2.30. The molecular weight excluding hydrogens is 663 g/mol. The van der Waals surface area contributed by atoms with Gasteiger partial charge < -0.3 is 20.9 Å². The van der Waals surface area contributed by atoms with Gasteiger partial charge in [0, 0.05) is 43.7 Å². The quantitative estimate of drug-likeness (QED) is 0.0903. The first-order chi connectivity index (χ1) is 24.0. The molecule has 2 unspecified atom stereocenters. The number of nitriles is 1. The highest BCUT2D eigenvalue weighted by atomic mass is 32.2. The molecule has 0 bridgehead atoms.